The molecule has 1 aromatic carbocycles. The molecule has 0 amide bonds. The molecule has 4 heteroatoms. The quantitative estimate of drug-likeness (QED) is 0.400. The Bertz CT molecular complexity index is 174. The molecule has 0 aliphatic heterocycles. The summed E-state index contributed by atoms with van der Waals surface area (Å²) in [7, 11) is 0. The van der Waals surface area contributed by atoms with Crippen LogP contribution in [0.5, 0.6) is 0 Å². The number of halogens is 2. The molecule has 0 aromatic heterocycles. The molecule has 10 heavy (non-hydrogen) atoms. The van der Waals surface area contributed by atoms with Gasteiger partial charge in [0.05, 0.1) is 6.07 Å². The largest absolute Gasteiger partial charge is 1.00 e. The van der Waals surface area contributed by atoms with E-state index in [4.69, 9.17) is 0 Å². The zero-order valence-corrected chi connectivity index (χ0v) is 6.99. The zero-order chi connectivity index (χ0) is 5.98. The number of hydrogen-bond acceptors (Lipinski definition) is 0. The topological polar surface area (TPSA) is 55.3 Å². The van der Waals surface area contributed by atoms with Crippen LogP contribution in [0.25, 0.3) is 0 Å². The summed E-state index contributed by atoms with van der Waals surface area (Å²) in [5.41, 5.74) is 9.53. The molecule has 0 saturated heterocycles. The van der Waals surface area contributed by atoms with Gasteiger partial charge in [0.2, 0.25) is 0 Å². The van der Waals surface area contributed by atoms with Crippen LogP contribution in [-0.2, 0) is 0 Å². The molecule has 6 N–H and O–H groups in total. The predicted octanol–water partition coefficient (Wildman–Crippen LogP) is -6.56. The number of benzene rings is 1. The van der Waals surface area contributed by atoms with Gasteiger partial charge in [0.25, 0.3) is 0 Å². The lowest BCUT2D eigenvalue weighted by atomic mass is 10.3. The van der Waals surface area contributed by atoms with Gasteiger partial charge in [-0.1, -0.05) is 6.07 Å². The SMILES string of the molecule is [Cl-].[Cl-].[NH3+]c1cccc([NH3+])c1. The van der Waals surface area contributed by atoms with Crippen molar-refractivity contribution in [3.8, 4) is 0 Å². The Morgan fingerprint density at radius 2 is 1.30 bits per heavy atom. The molecule has 0 unspecified atom stereocenters. The first kappa shape index (κ1) is 12.4. The minimum absolute atomic E-state index is 0. The highest BCUT2D eigenvalue weighted by atomic mass is 35.5. The molecule has 2 nitrogen and oxygen atoms in total. The third-order valence-electron chi connectivity index (χ3n) is 0.991. The Morgan fingerprint density at radius 1 is 0.900 bits per heavy atom. The first-order valence-electron chi connectivity index (χ1n) is 2.53. The Labute approximate surface area is 72.4 Å². The van der Waals surface area contributed by atoms with Crippen LogP contribution in [0.4, 0.5) is 11.4 Å². The molecule has 0 saturated carbocycles. The van der Waals surface area contributed by atoms with Gasteiger partial charge in [-0.05, 0) is 12.1 Å². The second-order valence-corrected chi connectivity index (χ2v) is 1.82. The van der Waals surface area contributed by atoms with Crippen molar-refractivity contribution in [2.75, 3.05) is 0 Å². The van der Waals surface area contributed by atoms with Gasteiger partial charge in [-0.2, -0.15) is 0 Å². The zero-order valence-electron chi connectivity index (χ0n) is 5.48. The van der Waals surface area contributed by atoms with Gasteiger partial charge in [0, 0.05) is 0 Å². The Balaban J connectivity index is 0. The lowest BCUT2D eigenvalue weighted by molar-refractivity contribution is -0.265. The van der Waals surface area contributed by atoms with Crippen LogP contribution >= 0.6 is 0 Å². The van der Waals surface area contributed by atoms with Crippen LogP contribution in [0.2, 0.25) is 0 Å². The Hall–Kier alpha value is -0.280. The lowest BCUT2D eigenvalue weighted by Gasteiger charge is -1.84. The average molecular weight is 181 g/mol. The molecule has 1 rings (SSSR count). The average Bonchev–Trinajstić information content (AvgIpc) is 1.64. The van der Waals surface area contributed by atoms with Crippen LogP contribution in [0.1, 0.15) is 0 Å². The van der Waals surface area contributed by atoms with Gasteiger partial charge in [-0.15, -0.1) is 0 Å². The van der Waals surface area contributed by atoms with E-state index < -0.39 is 0 Å². The fourth-order valence-corrected chi connectivity index (χ4v) is 0.630. The lowest BCUT2D eigenvalue weighted by Crippen LogP contribution is -3.00. The summed E-state index contributed by atoms with van der Waals surface area (Å²) in [6.45, 7) is 0. The molecule has 0 bridgehead atoms. The number of quaternary nitrogens is 2. The van der Waals surface area contributed by atoms with Crippen molar-refractivity contribution in [2.24, 2.45) is 0 Å². The van der Waals surface area contributed by atoms with Crippen molar-refractivity contribution in [1.82, 2.24) is 0 Å². The maximum atomic E-state index is 3.74. The van der Waals surface area contributed by atoms with Crippen molar-refractivity contribution in [1.29, 1.82) is 0 Å². The Morgan fingerprint density at radius 3 is 1.50 bits per heavy atom. The number of hydrogen-bond donors (Lipinski definition) is 2. The van der Waals surface area contributed by atoms with Gasteiger partial charge in [0.1, 0.15) is 11.4 Å². The van der Waals surface area contributed by atoms with Crippen molar-refractivity contribution in [3.05, 3.63) is 24.3 Å². The maximum Gasteiger partial charge on any atom is 0.133 e. The van der Waals surface area contributed by atoms with E-state index in [9.17, 15) is 0 Å². The van der Waals surface area contributed by atoms with Gasteiger partial charge in [0.15, 0.2) is 0 Å². The smallest absolute Gasteiger partial charge is 0.133 e. The summed E-state index contributed by atoms with van der Waals surface area (Å²) < 4.78 is 0. The molecular weight excluding hydrogens is 171 g/mol. The molecule has 0 radical (unpaired) electrons. The number of rotatable bonds is 0. The monoisotopic (exact) mass is 180 g/mol. The normalized spacial score (nSPS) is 7.40. The first-order valence-corrected chi connectivity index (χ1v) is 2.53. The highest BCUT2D eigenvalue weighted by Gasteiger charge is 1.88. The minimum Gasteiger partial charge on any atom is -1.00 e. The summed E-state index contributed by atoms with van der Waals surface area (Å²) in [5, 5.41) is 0. The van der Waals surface area contributed by atoms with E-state index in [0.29, 0.717) is 0 Å². The molecule has 0 fully saturated rings. The fraction of sp³-hybridized carbons (Fsp3) is 0. The third kappa shape index (κ3) is 3.69. The van der Waals surface area contributed by atoms with Crippen molar-refractivity contribution >= 4 is 11.4 Å². The van der Waals surface area contributed by atoms with Crippen LogP contribution in [0.15, 0.2) is 24.3 Å². The van der Waals surface area contributed by atoms with E-state index >= 15 is 0 Å². The second kappa shape index (κ2) is 5.50. The first-order chi connectivity index (χ1) is 3.79. The van der Waals surface area contributed by atoms with Gasteiger partial charge in [-0.3, -0.25) is 0 Å². The molecular formula is C6H10Cl2N2. The molecule has 58 valence electrons. The van der Waals surface area contributed by atoms with E-state index in [2.05, 4.69) is 11.5 Å². The minimum atomic E-state index is 0. The molecule has 0 spiro atoms. The standard InChI is InChI=1S/C6H8N2.2ClH/c7-5-2-1-3-6(8)4-5;;/h1-4H,7-8H2;2*1H. The van der Waals surface area contributed by atoms with E-state index in [1.807, 2.05) is 24.3 Å². The van der Waals surface area contributed by atoms with Crippen LogP contribution in [-0.4, -0.2) is 0 Å². The highest BCUT2D eigenvalue weighted by molar-refractivity contribution is 5.39. The molecule has 0 atom stereocenters. The summed E-state index contributed by atoms with van der Waals surface area (Å²) in [5.74, 6) is 0. The van der Waals surface area contributed by atoms with E-state index in [1.165, 1.54) is 0 Å². The van der Waals surface area contributed by atoms with Gasteiger partial charge >= 0.3 is 0 Å². The van der Waals surface area contributed by atoms with Crippen LogP contribution in [0.3, 0.4) is 0 Å². The van der Waals surface area contributed by atoms with Crippen LogP contribution in [0, 0.1) is 0 Å². The maximum absolute atomic E-state index is 3.74. The van der Waals surface area contributed by atoms with Crippen LogP contribution < -0.4 is 36.3 Å². The second-order valence-electron chi connectivity index (χ2n) is 1.82. The van der Waals surface area contributed by atoms with Gasteiger partial charge in [-0.25, -0.2) is 0 Å². The fourth-order valence-electron chi connectivity index (χ4n) is 0.630. The highest BCUT2D eigenvalue weighted by Crippen LogP contribution is 2.02. The van der Waals surface area contributed by atoms with Gasteiger partial charge < -0.3 is 36.3 Å². The molecule has 0 aliphatic carbocycles. The van der Waals surface area contributed by atoms with E-state index in [0.717, 1.165) is 11.4 Å². The van der Waals surface area contributed by atoms with Crippen molar-refractivity contribution in [2.45, 2.75) is 0 Å². The molecule has 1 aromatic rings. The molecule has 0 aliphatic rings. The van der Waals surface area contributed by atoms with Crippen molar-refractivity contribution < 1.29 is 36.3 Å². The summed E-state index contributed by atoms with van der Waals surface area (Å²) in [6.07, 6.45) is 0. The van der Waals surface area contributed by atoms with E-state index in [-0.39, 0.29) is 24.8 Å². The summed E-state index contributed by atoms with van der Waals surface area (Å²) >= 11 is 0. The molecule has 0 heterocycles. The summed E-state index contributed by atoms with van der Waals surface area (Å²) in [6, 6.07) is 7.80. The summed E-state index contributed by atoms with van der Waals surface area (Å²) in [4.78, 5) is 0. The predicted molar refractivity (Wildman–Crippen MR) is 31.5 cm³/mol. The third-order valence-corrected chi connectivity index (χ3v) is 0.991. The van der Waals surface area contributed by atoms with E-state index in [1.54, 1.807) is 0 Å². The van der Waals surface area contributed by atoms with Crippen molar-refractivity contribution in [3.63, 3.8) is 0 Å². The Kier molecular flexibility index (Phi) is 6.82.